The van der Waals surface area contributed by atoms with Gasteiger partial charge in [-0.3, -0.25) is 4.98 Å². The third kappa shape index (κ3) is 3.51. The molecular weight excluding hydrogens is 338 g/mol. The van der Waals surface area contributed by atoms with Crippen LogP contribution in [0.15, 0.2) is 66.4 Å². The van der Waals surface area contributed by atoms with Crippen molar-refractivity contribution >= 4 is 6.08 Å². The summed E-state index contributed by atoms with van der Waals surface area (Å²) in [7, 11) is 0. The number of allylic oxidation sites excluding steroid dienone is 5. The van der Waals surface area contributed by atoms with Crippen LogP contribution in [0, 0.1) is 11.3 Å². The van der Waals surface area contributed by atoms with E-state index in [2.05, 4.69) is 107 Å². The second-order valence-electron chi connectivity index (χ2n) is 10.2. The number of hydrogen-bond donors (Lipinski definition) is 0. The van der Waals surface area contributed by atoms with Crippen LogP contribution >= 0.6 is 0 Å². The molecule has 2 aromatic rings. The van der Waals surface area contributed by atoms with E-state index in [0.717, 1.165) is 5.69 Å². The van der Waals surface area contributed by atoms with Crippen molar-refractivity contribution in [3.63, 3.8) is 0 Å². The molecular formula is C27H31N. The zero-order chi connectivity index (χ0) is 20.1. The van der Waals surface area contributed by atoms with E-state index in [1.165, 1.54) is 27.8 Å². The molecule has 2 atom stereocenters. The van der Waals surface area contributed by atoms with Crippen LogP contribution in [-0.4, -0.2) is 4.98 Å². The minimum absolute atomic E-state index is 0.125. The maximum Gasteiger partial charge on any atom is 0.0704 e. The van der Waals surface area contributed by atoms with Crippen molar-refractivity contribution in [1.82, 2.24) is 4.98 Å². The van der Waals surface area contributed by atoms with Crippen LogP contribution in [-0.2, 0) is 5.41 Å². The van der Waals surface area contributed by atoms with Gasteiger partial charge in [0.25, 0.3) is 0 Å². The maximum atomic E-state index is 4.67. The normalized spacial score (nSPS) is 21.1. The monoisotopic (exact) mass is 369 g/mol. The lowest BCUT2D eigenvalue weighted by atomic mass is 9.72. The predicted octanol–water partition coefficient (Wildman–Crippen LogP) is 7.32. The molecule has 4 rings (SSSR count). The van der Waals surface area contributed by atoms with Gasteiger partial charge in [0.15, 0.2) is 0 Å². The Labute approximate surface area is 169 Å². The van der Waals surface area contributed by atoms with E-state index in [1.54, 1.807) is 0 Å². The van der Waals surface area contributed by atoms with E-state index in [-0.39, 0.29) is 10.8 Å². The smallest absolute Gasteiger partial charge is 0.0704 e. The molecule has 0 N–H and O–H groups in total. The zero-order valence-electron chi connectivity index (χ0n) is 18.0. The number of fused-ring (bicyclic) bond motifs is 3. The summed E-state index contributed by atoms with van der Waals surface area (Å²) in [5.74, 6) is 0.854. The van der Waals surface area contributed by atoms with Gasteiger partial charge in [0.1, 0.15) is 0 Å². The van der Waals surface area contributed by atoms with Gasteiger partial charge in [0, 0.05) is 23.6 Å². The van der Waals surface area contributed by atoms with Gasteiger partial charge in [-0.25, -0.2) is 0 Å². The molecule has 0 saturated heterocycles. The Kier molecular flexibility index (Phi) is 4.45. The van der Waals surface area contributed by atoms with E-state index in [1.807, 2.05) is 6.20 Å². The summed E-state index contributed by atoms with van der Waals surface area (Å²) in [6.45, 7) is 13.6. The average Bonchev–Trinajstić information content (AvgIpc) is 2.65. The maximum absolute atomic E-state index is 4.67. The molecule has 0 radical (unpaired) electrons. The van der Waals surface area contributed by atoms with E-state index in [0.29, 0.717) is 11.8 Å². The largest absolute Gasteiger partial charge is 0.256 e. The summed E-state index contributed by atoms with van der Waals surface area (Å²) >= 11 is 0. The van der Waals surface area contributed by atoms with Crippen molar-refractivity contribution in [2.45, 2.75) is 52.9 Å². The summed E-state index contributed by atoms with van der Waals surface area (Å²) in [5.41, 5.74) is 8.07. The molecule has 1 aromatic heterocycles. The lowest BCUT2D eigenvalue weighted by molar-refractivity contribution is 0.502. The van der Waals surface area contributed by atoms with Crippen molar-refractivity contribution in [2.75, 3.05) is 0 Å². The first kappa shape index (κ1) is 18.9. The van der Waals surface area contributed by atoms with Crippen LogP contribution in [0.3, 0.4) is 0 Å². The molecule has 0 aliphatic heterocycles. The van der Waals surface area contributed by atoms with Gasteiger partial charge in [-0.2, -0.15) is 0 Å². The molecule has 1 nitrogen and oxygen atoms in total. The Morgan fingerprint density at radius 2 is 1.61 bits per heavy atom. The van der Waals surface area contributed by atoms with Crippen molar-refractivity contribution in [3.05, 3.63) is 83.1 Å². The molecule has 0 saturated carbocycles. The molecule has 2 unspecified atom stereocenters. The lowest BCUT2D eigenvalue weighted by Crippen LogP contribution is -2.19. The van der Waals surface area contributed by atoms with Crippen molar-refractivity contribution in [2.24, 2.45) is 11.3 Å². The highest BCUT2D eigenvalue weighted by molar-refractivity contribution is 5.69. The van der Waals surface area contributed by atoms with E-state index >= 15 is 0 Å². The SMILES string of the molecule is CC(C)(C)C1=CC2C=Cc3ccc(-c4cc(C(C)(C)C)ccn4)cc3C2C=C1. The highest BCUT2D eigenvalue weighted by atomic mass is 14.7. The molecule has 0 amide bonds. The van der Waals surface area contributed by atoms with Crippen molar-refractivity contribution in [3.8, 4) is 11.3 Å². The first-order valence-electron chi connectivity index (χ1n) is 10.3. The number of benzene rings is 1. The quantitative estimate of drug-likeness (QED) is 0.513. The van der Waals surface area contributed by atoms with Gasteiger partial charge in [0.2, 0.25) is 0 Å². The fraction of sp³-hybridized carbons (Fsp3) is 0.370. The molecule has 1 heterocycles. The first-order valence-corrected chi connectivity index (χ1v) is 10.3. The predicted molar refractivity (Wildman–Crippen MR) is 120 cm³/mol. The molecule has 2 aliphatic carbocycles. The summed E-state index contributed by atoms with van der Waals surface area (Å²) in [6, 6.07) is 11.2. The summed E-state index contributed by atoms with van der Waals surface area (Å²) in [5, 5.41) is 0. The Balaban J connectivity index is 1.73. The third-order valence-electron chi connectivity index (χ3n) is 6.00. The van der Waals surface area contributed by atoms with E-state index < -0.39 is 0 Å². The number of hydrogen-bond acceptors (Lipinski definition) is 1. The molecule has 2 aliphatic rings. The minimum atomic E-state index is 0.125. The standard InChI is InChI=1S/C27H31N/c1-26(2,3)21-11-12-23-19(15-21)9-7-18-8-10-20(16-24(18)23)25-17-22(13-14-28-25)27(4,5)6/h7-17,19,23H,1-6H3. The highest BCUT2D eigenvalue weighted by Crippen LogP contribution is 2.43. The molecule has 28 heavy (non-hydrogen) atoms. The number of nitrogens with zero attached hydrogens (tertiary/aromatic N) is 1. The van der Waals surface area contributed by atoms with Crippen LogP contribution < -0.4 is 0 Å². The van der Waals surface area contributed by atoms with Crippen molar-refractivity contribution in [1.29, 1.82) is 0 Å². The molecule has 144 valence electrons. The van der Waals surface area contributed by atoms with Gasteiger partial charge < -0.3 is 0 Å². The van der Waals surface area contributed by atoms with Gasteiger partial charge in [-0.05, 0) is 51.3 Å². The average molecular weight is 370 g/mol. The van der Waals surface area contributed by atoms with Gasteiger partial charge in [-0.15, -0.1) is 0 Å². The van der Waals surface area contributed by atoms with Crippen LogP contribution in [0.5, 0.6) is 0 Å². The first-order chi connectivity index (χ1) is 13.1. The fourth-order valence-corrected chi connectivity index (χ4v) is 4.13. The summed E-state index contributed by atoms with van der Waals surface area (Å²) < 4.78 is 0. The summed E-state index contributed by atoms with van der Waals surface area (Å²) in [4.78, 5) is 4.67. The fourth-order valence-electron chi connectivity index (χ4n) is 4.13. The van der Waals surface area contributed by atoms with E-state index in [9.17, 15) is 0 Å². The van der Waals surface area contributed by atoms with Gasteiger partial charge in [-0.1, -0.05) is 84.1 Å². The number of pyridine rings is 1. The molecule has 1 aromatic carbocycles. The second kappa shape index (κ2) is 6.58. The van der Waals surface area contributed by atoms with Crippen LogP contribution in [0.2, 0.25) is 0 Å². The second-order valence-corrected chi connectivity index (χ2v) is 10.2. The third-order valence-corrected chi connectivity index (χ3v) is 6.00. The Morgan fingerprint density at radius 1 is 0.821 bits per heavy atom. The molecule has 1 heteroatoms. The topological polar surface area (TPSA) is 12.9 Å². The van der Waals surface area contributed by atoms with E-state index in [4.69, 9.17) is 0 Å². The lowest BCUT2D eigenvalue weighted by Gasteiger charge is -2.32. The Morgan fingerprint density at radius 3 is 2.32 bits per heavy atom. The summed E-state index contributed by atoms with van der Waals surface area (Å²) in [6.07, 6.45) is 13.8. The number of rotatable bonds is 1. The van der Waals surface area contributed by atoms with Gasteiger partial charge in [0.05, 0.1) is 5.69 Å². The zero-order valence-corrected chi connectivity index (χ0v) is 18.0. The Bertz CT molecular complexity index is 990. The van der Waals surface area contributed by atoms with Gasteiger partial charge >= 0.3 is 0 Å². The Hall–Kier alpha value is -2.41. The number of aromatic nitrogens is 1. The van der Waals surface area contributed by atoms with Crippen molar-refractivity contribution < 1.29 is 0 Å². The highest BCUT2D eigenvalue weighted by Gasteiger charge is 2.28. The van der Waals surface area contributed by atoms with Crippen LogP contribution in [0.4, 0.5) is 0 Å². The minimum Gasteiger partial charge on any atom is -0.256 e. The van der Waals surface area contributed by atoms with Crippen LogP contribution in [0.1, 0.15) is 64.2 Å². The molecule has 0 spiro atoms. The molecule has 0 bridgehead atoms. The molecule has 0 fully saturated rings. The van der Waals surface area contributed by atoms with Crippen LogP contribution in [0.25, 0.3) is 17.3 Å².